The predicted molar refractivity (Wildman–Crippen MR) is 65.3 cm³/mol. The van der Waals surface area contributed by atoms with Gasteiger partial charge >= 0.3 is 0 Å². The molecule has 1 heterocycles. The summed E-state index contributed by atoms with van der Waals surface area (Å²) in [7, 11) is 1.96. The van der Waals surface area contributed by atoms with E-state index in [1.807, 2.05) is 55.3 Å². The van der Waals surface area contributed by atoms with E-state index in [1.54, 1.807) is 12.5 Å². The molecule has 0 radical (unpaired) electrons. The van der Waals surface area contributed by atoms with E-state index < -0.39 is 0 Å². The Morgan fingerprint density at radius 3 is 2.62 bits per heavy atom. The zero-order valence-corrected chi connectivity index (χ0v) is 9.42. The van der Waals surface area contributed by atoms with Gasteiger partial charge in [-0.1, -0.05) is 18.2 Å². The molecule has 0 N–H and O–H groups in total. The number of rotatable bonds is 2. The van der Waals surface area contributed by atoms with Crippen LogP contribution in [0, 0.1) is 0 Å². The molecule has 0 amide bonds. The fourth-order valence-corrected chi connectivity index (χ4v) is 1.33. The first-order valence-corrected chi connectivity index (χ1v) is 5.14. The summed E-state index contributed by atoms with van der Waals surface area (Å²) in [6.45, 7) is 2.00. The van der Waals surface area contributed by atoms with E-state index in [0.29, 0.717) is 0 Å². The number of para-hydroxylation sites is 1. The van der Waals surface area contributed by atoms with Gasteiger partial charge in [-0.25, -0.2) is 0 Å². The largest absolute Gasteiger partial charge is 0.447 e. The summed E-state index contributed by atoms with van der Waals surface area (Å²) in [6, 6.07) is 9.81. The van der Waals surface area contributed by atoms with Gasteiger partial charge in [-0.2, -0.15) is 0 Å². The zero-order valence-electron chi connectivity index (χ0n) is 9.42. The smallest absolute Gasteiger partial charge is 0.200 e. The number of aliphatic imine (C=N–C) groups is 1. The van der Waals surface area contributed by atoms with Crippen LogP contribution in [-0.2, 0) is 4.74 Å². The van der Waals surface area contributed by atoms with Crippen molar-refractivity contribution in [3.8, 4) is 0 Å². The summed E-state index contributed by atoms with van der Waals surface area (Å²) < 4.78 is 5.35. The average Bonchev–Trinajstić information content (AvgIpc) is 2.62. The van der Waals surface area contributed by atoms with Crippen LogP contribution in [0.2, 0.25) is 0 Å². The van der Waals surface area contributed by atoms with Crippen molar-refractivity contribution < 1.29 is 4.74 Å². The van der Waals surface area contributed by atoms with Crippen molar-refractivity contribution in [3.05, 3.63) is 54.3 Å². The predicted octanol–water partition coefficient (Wildman–Crippen LogP) is 3.05. The molecule has 1 aromatic carbocycles. The minimum Gasteiger partial charge on any atom is -0.447 e. The van der Waals surface area contributed by atoms with Gasteiger partial charge < -0.3 is 9.64 Å². The van der Waals surface area contributed by atoms with Crippen molar-refractivity contribution in [1.82, 2.24) is 4.90 Å². The van der Waals surface area contributed by atoms with Crippen LogP contribution in [0.1, 0.15) is 6.92 Å². The van der Waals surface area contributed by atoms with Gasteiger partial charge in [-0.05, 0) is 19.1 Å². The van der Waals surface area contributed by atoms with Crippen LogP contribution in [0.25, 0.3) is 0 Å². The van der Waals surface area contributed by atoms with Crippen LogP contribution in [0.15, 0.2) is 59.2 Å². The van der Waals surface area contributed by atoms with Crippen molar-refractivity contribution in [1.29, 1.82) is 0 Å². The second-order valence-corrected chi connectivity index (χ2v) is 3.55. The van der Waals surface area contributed by atoms with Crippen LogP contribution in [-0.4, -0.2) is 18.2 Å². The van der Waals surface area contributed by atoms with Crippen molar-refractivity contribution in [2.24, 2.45) is 4.99 Å². The molecule has 0 saturated carbocycles. The zero-order chi connectivity index (χ0) is 11.4. The normalized spacial score (nSPS) is 18.0. The highest BCUT2D eigenvalue weighted by molar-refractivity contribution is 5.75. The van der Waals surface area contributed by atoms with E-state index >= 15 is 0 Å². The Morgan fingerprint density at radius 2 is 2.00 bits per heavy atom. The first-order valence-electron chi connectivity index (χ1n) is 5.14. The fourth-order valence-electron chi connectivity index (χ4n) is 1.33. The van der Waals surface area contributed by atoms with Gasteiger partial charge in [0.2, 0.25) is 5.88 Å². The molecule has 1 aliphatic heterocycles. The Kier molecular flexibility index (Phi) is 3.05. The molecule has 0 saturated heterocycles. The maximum absolute atomic E-state index is 5.35. The lowest BCUT2D eigenvalue weighted by Gasteiger charge is -2.11. The van der Waals surface area contributed by atoms with Gasteiger partial charge in [0.15, 0.2) is 0 Å². The molecule has 0 aliphatic carbocycles. The first kappa shape index (κ1) is 10.5. The molecule has 0 atom stereocenters. The molecule has 0 spiro atoms. The van der Waals surface area contributed by atoms with Crippen LogP contribution in [0.5, 0.6) is 0 Å². The van der Waals surface area contributed by atoms with Crippen LogP contribution in [0.3, 0.4) is 0 Å². The number of benzene rings is 1. The average molecular weight is 214 g/mol. The lowest BCUT2D eigenvalue weighted by molar-refractivity contribution is 0.292. The van der Waals surface area contributed by atoms with Crippen molar-refractivity contribution in [3.63, 3.8) is 0 Å². The standard InChI is InChI=1S/C13H14N2O/c1-11-10-16-13(15(11)2)8-9-14-12-6-4-3-5-7-12/h3-10H,1-2H3. The molecular formula is C13H14N2O. The molecule has 0 unspecified atom stereocenters. The van der Waals surface area contributed by atoms with Crippen molar-refractivity contribution in [2.45, 2.75) is 6.92 Å². The molecule has 0 aromatic heterocycles. The number of hydrogen-bond donors (Lipinski definition) is 0. The van der Waals surface area contributed by atoms with E-state index in [-0.39, 0.29) is 0 Å². The first-order chi connectivity index (χ1) is 7.77. The Labute approximate surface area is 95.4 Å². The summed E-state index contributed by atoms with van der Waals surface area (Å²) in [4.78, 5) is 6.27. The maximum atomic E-state index is 5.35. The molecule has 82 valence electrons. The lowest BCUT2D eigenvalue weighted by Crippen LogP contribution is -2.09. The molecule has 3 nitrogen and oxygen atoms in total. The van der Waals surface area contributed by atoms with Gasteiger partial charge in [0.1, 0.15) is 6.26 Å². The highest BCUT2D eigenvalue weighted by atomic mass is 16.5. The van der Waals surface area contributed by atoms with Gasteiger partial charge in [0.05, 0.1) is 11.4 Å². The molecule has 2 rings (SSSR count). The molecule has 3 heteroatoms. The second kappa shape index (κ2) is 4.66. The summed E-state index contributed by atoms with van der Waals surface area (Å²) in [5.74, 6) is 0.789. The van der Waals surface area contributed by atoms with E-state index in [2.05, 4.69) is 4.99 Å². The minimum atomic E-state index is 0.789. The summed E-state index contributed by atoms with van der Waals surface area (Å²) in [5, 5.41) is 0. The third-order valence-electron chi connectivity index (χ3n) is 2.41. The van der Waals surface area contributed by atoms with Crippen molar-refractivity contribution >= 4 is 11.9 Å². The summed E-state index contributed by atoms with van der Waals surface area (Å²) >= 11 is 0. The Balaban J connectivity index is 2.03. The number of ether oxygens (including phenoxy) is 1. The van der Waals surface area contributed by atoms with E-state index in [9.17, 15) is 0 Å². The quantitative estimate of drug-likeness (QED) is 0.707. The van der Waals surface area contributed by atoms with Gasteiger partial charge in [-0.3, -0.25) is 4.99 Å². The van der Waals surface area contributed by atoms with E-state index in [4.69, 9.17) is 4.74 Å². The third kappa shape index (κ3) is 2.31. The molecule has 1 aliphatic rings. The number of allylic oxidation sites excluding steroid dienone is 2. The summed E-state index contributed by atoms with van der Waals surface area (Å²) in [6.07, 6.45) is 5.32. The van der Waals surface area contributed by atoms with E-state index in [0.717, 1.165) is 17.3 Å². The molecular weight excluding hydrogens is 200 g/mol. The third-order valence-corrected chi connectivity index (χ3v) is 2.41. The van der Waals surface area contributed by atoms with Gasteiger partial charge in [0, 0.05) is 19.3 Å². The second-order valence-electron chi connectivity index (χ2n) is 3.55. The fraction of sp³-hybridized carbons (Fsp3) is 0.154. The minimum absolute atomic E-state index is 0.789. The summed E-state index contributed by atoms with van der Waals surface area (Å²) in [5.41, 5.74) is 2.02. The highest BCUT2D eigenvalue weighted by Gasteiger charge is 2.12. The van der Waals surface area contributed by atoms with Crippen LogP contribution in [0.4, 0.5) is 5.69 Å². The van der Waals surface area contributed by atoms with Crippen LogP contribution >= 0.6 is 0 Å². The lowest BCUT2D eigenvalue weighted by atomic mass is 10.3. The number of nitrogens with zero attached hydrogens (tertiary/aromatic N) is 2. The molecule has 16 heavy (non-hydrogen) atoms. The molecule has 0 bridgehead atoms. The highest BCUT2D eigenvalue weighted by Crippen LogP contribution is 2.19. The molecule has 1 aromatic rings. The Hall–Kier alpha value is -2.03. The van der Waals surface area contributed by atoms with Gasteiger partial charge in [-0.15, -0.1) is 0 Å². The SMILES string of the molecule is CC1=COC(=CC=Nc2ccccc2)N1C. The Morgan fingerprint density at radius 1 is 1.25 bits per heavy atom. The molecule has 0 fully saturated rings. The van der Waals surface area contributed by atoms with Gasteiger partial charge in [0.25, 0.3) is 0 Å². The number of hydrogen-bond acceptors (Lipinski definition) is 3. The van der Waals surface area contributed by atoms with Crippen LogP contribution < -0.4 is 0 Å². The van der Waals surface area contributed by atoms with Crippen molar-refractivity contribution in [2.75, 3.05) is 7.05 Å². The van der Waals surface area contributed by atoms with E-state index in [1.165, 1.54) is 0 Å². The maximum Gasteiger partial charge on any atom is 0.200 e. The Bertz CT molecular complexity index is 446. The monoisotopic (exact) mass is 214 g/mol. The topological polar surface area (TPSA) is 24.8 Å².